The molecule has 1 N–H and O–H groups in total. The lowest BCUT2D eigenvalue weighted by Crippen LogP contribution is -2.48. The molecule has 0 saturated carbocycles. The fourth-order valence-electron chi connectivity index (χ4n) is 2.85. The Morgan fingerprint density at radius 3 is 2.45 bits per heavy atom. The maximum Gasteiger partial charge on any atom is 0.123 e. The van der Waals surface area contributed by atoms with Gasteiger partial charge in [-0.2, -0.15) is 0 Å². The summed E-state index contributed by atoms with van der Waals surface area (Å²) in [5.74, 6) is 0.305. The number of nitrogens with zero attached hydrogens (tertiary/aromatic N) is 1. The average molecular weight is 281 g/mol. The molecule has 4 heteroatoms. The van der Waals surface area contributed by atoms with E-state index in [0.717, 1.165) is 0 Å². The molecule has 2 rings (SSSR count). The largest absolute Gasteiger partial charge is 0.491 e. The molecule has 1 aliphatic heterocycles. The van der Waals surface area contributed by atoms with E-state index < -0.39 is 6.10 Å². The molecular weight excluding hydrogens is 257 g/mol. The molecule has 3 atom stereocenters. The second kappa shape index (κ2) is 7.04. The van der Waals surface area contributed by atoms with Crippen molar-refractivity contribution in [3.63, 3.8) is 0 Å². The van der Waals surface area contributed by atoms with Crippen LogP contribution in [0.4, 0.5) is 4.39 Å². The summed E-state index contributed by atoms with van der Waals surface area (Å²) in [7, 11) is 0. The van der Waals surface area contributed by atoms with Crippen LogP contribution in [0.5, 0.6) is 5.75 Å². The summed E-state index contributed by atoms with van der Waals surface area (Å²) in [5, 5.41) is 10.1. The zero-order chi connectivity index (χ0) is 14.5. The topological polar surface area (TPSA) is 32.7 Å². The third kappa shape index (κ3) is 4.18. The standard InChI is InChI=1S/C16H24FNO2/c1-12-4-3-5-13(2)18(12)10-15(19)11-20-16-8-6-14(17)7-9-16/h6-9,12-13,15,19H,3-5,10-11H2,1-2H3/t12-,13+,15-/m0/s1. The maximum atomic E-state index is 12.8. The van der Waals surface area contributed by atoms with E-state index in [1.165, 1.54) is 31.4 Å². The second-order valence-corrected chi connectivity index (χ2v) is 5.74. The number of β-amino-alcohol motifs (C(OH)–C–C–N with tert-alkyl or cyclic N) is 1. The van der Waals surface area contributed by atoms with Crippen LogP contribution in [-0.4, -0.2) is 41.3 Å². The van der Waals surface area contributed by atoms with Gasteiger partial charge in [-0.1, -0.05) is 6.42 Å². The molecule has 112 valence electrons. The van der Waals surface area contributed by atoms with Crippen LogP contribution in [0.15, 0.2) is 24.3 Å². The Hall–Kier alpha value is -1.13. The second-order valence-electron chi connectivity index (χ2n) is 5.74. The van der Waals surface area contributed by atoms with Crippen LogP contribution in [0.25, 0.3) is 0 Å². The van der Waals surface area contributed by atoms with Crippen molar-refractivity contribution >= 4 is 0 Å². The highest BCUT2D eigenvalue weighted by Gasteiger charge is 2.26. The number of rotatable bonds is 5. The first-order chi connectivity index (χ1) is 9.56. The molecule has 20 heavy (non-hydrogen) atoms. The summed E-state index contributed by atoms with van der Waals surface area (Å²) in [6.45, 7) is 5.29. The van der Waals surface area contributed by atoms with Gasteiger partial charge in [0.15, 0.2) is 0 Å². The molecule has 1 aromatic carbocycles. The van der Waals surface area contributed by atoms with E-state index in [1.54, 1.807) is 12.1 Å². The number of ether oxygens (including phenoxy) is 1. The van der Waals surface area contributed by atoms with E-state index >= 15 is 0 Å². The predicted octanol–water partition coefficient (Wildman–Crippen LogP) is 2.83. The predicted molar refractivity (Wildman–Crippen MR) is 77.4 cm³/mol. The lowest BCUT2D eigenvalue weighted by molar-refractivity contribution is 0.0209. The van der Waals surface area contributed by atoms with Crippen molar-refractivity contribution in [1.82, 2.24) is 4.90 Å². The van der Waals surface area contributed by atoms with Gasteiger partial charge in [0.2, 0.25) is 0 Å². The van der Waals surface area contributed by atoms with Crippen LogP contribution in [0, 0.1) is 5.82 Å². The summed E-state index contributed by atoms with van der Waals surface area (Å²) in [4.78, 5) is 2.35. The van der Waals surface area contributed by atoms with Crippen molar-refractivity contribution in [2.24, 2.45) is 0 Å². The summed E-state index contributed by atoms with van der Waals surface area (Å²) < 4.78 is 18.3. The van der Waals surface area contributed by atoms with Gasteiger partial charge in [-0.25, -0.2) is 4.39 Å². The van der Waals surface area contributed by atoms with Crippen LogP contribution >= 0.6 is 0 Å². The van der Waals surface area contributed by atoms with Crippen molar-refractivity contribution in [1.29, 1.82) is 0 Å². The van der Waals surface area contributed by atoms with Gasteiger partial charge >= 0.3 is 0 Å². The van der Waals surface area contributed by atoms with Crippen LogP contribution in [0.1, 0.15) is 33.1 Å². The van der Waals surface area contributed by atoms with Crippen LogP contribution in [-0.2, 0) is 0 Å². The van der Waals surface area contributed by atoms with Gasteiger partial charge in [-0.3, -0.25) is 4.90 Å². The highest BCUT2D eigenvalue weighted by Crippen LogP contribution is 2.22. The van der Waals surface area contributed by atoms with Gasteiger partial charge in [0.1, 0.15) is 24.3 Å². The lowest BCUT2D eigenvalue weighted by Gasteiger charge is -2.40. The van der Waals surface area contributed by atoms with Crippen LogP contribution < -0.4 is 4.74 Å². The molecule has 0 bridgehead atoms. The summed E-state index contributed by atoms with van der Waals surface area (Å²) in [6, 6.07) is 6.90. The van der Waals surface area contributed by atoms with E-state index in [-0.39, 0.29) is 12.4 Å². The Morgan fingerprint density at radius 2 is 1.85 bits per heavy atom. The van der Waals surface area contributed by atoms with Crippen LogP contribution in [0.2, 0.25) is 0 Å². The number of halogens is 1. The van der Waals surface area contributed by atoms with E-state index in [9.17, 15) is 9.50 Å². The van der Waals surface area contributed by atoms with Crippen molar-refractivity contribution in [3.05, 3.63) is 30.1 Å². The van der Waals surface area contributed by atoms with Crippen LogP contribution in [0.3, 0.4) is 0 Å². The van der Waals surface area contributed by atoms with Gasteiger partial charge in [-0.05, 0) is 51.0 Å². The number of hydrogen-bond donors (Lipinski definition) is 1. The fourth-order valence-corrected chi connectivity index (χ4v) is 2.85. The molecule has 1 fully saturated rings. The average Bonchev–Trinajstić information content (AvgIpc) is 2.42. The zero-order valence-electron chi connectivity index (χ0n) is 12.3. The molecular formula is C16H24FNO2. The molecule has 0 aliphatic carbocycles. The zero-order valence-corrected chi connectivity index (χ0v) is 12.3. The van der Waals surface area contributed by atoms with E-state index in [1.807, 2.05) is 0 Å². The Labute approximate surface area is 120 Å². The minimum absolute atomic E-state index is 0.238. The van der Waals surface area contributed by atoms with Crippen molar-refractivity contribution < 1.29 is 14.2 Å². The molecule has 0 unspecified atom stereocenters. The van der Waals surface area contributed by atoms with Gasteiger partial charge in [0, 0.05) is 18.6 Å². The number of piperidine rings is 1. The van der Waals surface area contributed by atoms with E-state index in [0.29, 0.717) is 24.4 Å². The van der Waals surface area contributed by atoms with E-state index in [2.05, 4.69) is 18.7 Å². The van der Waals surface area contributed by atoms with Crippen molar-refractivity contribution in [2.75, 3.05) is 13.2 Å². The monoisotopic (exact) mass is 281 g/mol. The summed E-state index contributed by atoms with van der Waals surface area (Å²) in [6.07, 6.45) is 3.12. The van der Waals surface area contributed by atoms with Crippen molar-refractivity contribution in [2.45, 2.75) is 51.3 Å². The normalized spacial score (nSPS) is 25.4. The summed E-state index contributed by atoms with van der Waals surface area (Å²) in [5.41, 5.74) is 0. The minimum Gasteiger partial charge on any atom is -0.491 e. The van der Waals surface area contributed by atoms with Gasteiger partial charge in [-0.15, -0.1) is 0 Å². The first kappa shape index (κ1) is 15.3. The van der Waals surface area contributed by atoms with Crippen molar-refractivity contribution in [3.8, 4) is 5.75 Å². The summed E-state index contributed by atoms with van der Waals surface area (Å²) >= 11 is 0. The Bertz CT molecular complexity index is 399. The fraction of sp³-hybridized carbons (Fsp3) is 0.625. The number of benzene rings is 1. The molecule has 0 aromatic heterocycles. The molecule has 0 amide bonds. The van der Waals surface area contributed by atoms with E-state index in [4.69, 9.17) is 4.74 Å². The lowest BCUT2D eigenvalue weighted by atomic mass is 9.97. The number of hydrogen-bond acceptors (Lipinski definition) is 3. The molecule has 1 aromatic rings. The molecule has 3 nitrogen and oxygen atoms in total. The molecule has 1 aliphatic rings. The number of aliphatic hydroxyl groups excluding tert-OH is 1. The first-order valence-electron chi connectivity index (χ1n) is 7.38. The highest BCUT2D eigenvalue weighted by molar-refractivity contribution is 5.22. The molecule has 1 heterocycles. The SMILES string of the molecule is C[C@@H]1CCC[C@H](C)N1C[C@H](O)COc1ccc(F)cc1. The Morgan fingerprint density at radius 1 is 1.25 bits per heavy atom. The first-order valence-corrected chi connectivity index (χ1v) is 7.38. The Kier molecular flexibility index (Phi) is 5.38. The number of aliphatic hydroxyl groups is 1. The minimum atomic E-state index is -0.525. The smallest absolute Gasteiger partial charge is 0.123 e. The third-order valence-electron chi connectivity index (χ3n) is 4.05. The molecule has 0 spiro atoms. The highest BCUT2D eigenvalue weighted by atomic mass is 19.1. The number of likely N-dealkylation sites (tertiary alicyclic amines) is 1. The molecule has 0 radical (unpaired) electrons. The van der Waals surface area contributed by atoms with Gasteiger partial charge < -0.3 is 9.84 Å². The molecule has 1 saturated heterocycles. The Balaban J connectivity index is 1.79. The third-order valence-corrected chi connectivity index (χ3v) is 4.05. The quantitative estimate of drug-likeness (QED) is 0.901. The van der Waals surface area contributed by atoms with Gasteiger partial charge in [0.25, 0.3) is 0 Å². The maximum absolute atomic E-state index is 12.8. The van der Waals surface area contributed by atoms with Gasteiger partial charge in [0.05, 0.1) is 0 Å².